The third-order valence-electron chi connectivity index (χ3n) is 4.32. The maximum Gasteiger partial charge on any atom is 0.335 e. The highest BCUT2D eigenvalue weighted by atomic mass is 16.4. The van der Waals surface area contributed by atoms with Gasteiger partial charge in [0.1, 0.15) is 0 Å². The highest BCUT2D eigenvalue weighted by Crippen LogP contribution is 2.17. The Kier molecular flexibility index (Phi) is 4.93. The van der Waals surface area contributed by atoms with Crippen LogP contribution in [-0.4, -0.2) is 42.2 Å². The van der Waals surface area contributed by atoms with Crippen LogP contribution >= 0.6 is 0 Å². The monoisotopic (exact) mass is 310 g/mol. The molecule has 120 valence electrons. The second-order valence-corrected chi connectivity index (χ2v) is 5.95. The van der Waals surface area contributed by atoms with Crippen molar-refractivity contribution in [1.29, 1.82) is 0 Å². The molecule has 0 spiro atoms. The maximum atomic E-state index is 10.9. The lowest BCUT2D eigenvalue weighted by atomic mass is 10.1. The lowest BCUT2D eigenvalue weighted by Crippen LogP contribution is -2.30. The molecule has 1 fully saturated rings. The van der Waals surface area contributed by atoms with Crippen LogP contribution in [0.4, 0.5) is 5.69 Å². The Morgan fingerprint density at radius 3 is 2.35 bits per heavy atom. The van der Waals surface area contributed by atoms with Crippen molar-refractivity contribution in [3.63, 3.8) is 0 Å². The first-order chi connectivity index (χ1) is 11.2. The molecule has 1 heterocycles. The number of aromatic carboxylic acids is 1. The molecule has 0 aromatic heterocycles. The summed E-state index contributed by atoms with van der Waals surface area (Å²) in [5, 5.41) is 8.96. The molecule has 0 saturated carbocycles. The largest absolute Gasteiger partial charge is 0.478 e. The Morgan fingerprint density at radius 1 is 0.913 bits per heavy atom. The van der Waals surface area contributed by atoms with Crippen molar-refractivity contribution in [2.45, 2.75) is 13.0 Å². The minimum Gasteiger partial charge on any atom is -0.478 e. The van der Waals surface area contributed by atoms with Gasteiger partial charge in [-0.15, -0.1) is 0 Å². The molecule has 2 aromatic rings. The summed E-state index contributed by atoms with van der Waals surface area (Å²) in [5.41, 5.74) is 2.81. The van der Waals surface area contributed by atoms with E-state index in [1.54, 1.807) is 12.1 Å². The fourth-order valence-electron chi connectivity index (χ4n) is 3.04. The molecule has 23 heavy (non-hydrogen) atoms. The first-order valence-corrected chi connectivity index (χ1v) is 8.07. The van der Waals surface area contributed by atoms with E-state index in [1.165, 1.54) is 11.3 Å². The summed E-state index contributed by atoms with van der Waals surface area (Å²) in [6.07, 6.45) is 1.14. The Balaban J connectivity index is 1.59. The van der Waals surface area contributed by atoms with Crippen LogP contribution in [0.1, 0.15) is 22.3 Å². The van der Waals surface area contributed by atoms with E-state index in [2.05, 4.69) is 40.1 Å². The van der Waals surface area contributed by atoms with Gasteiger partial charge in [0.2, 0.25) is 0 Å². The van der Waals surface area contributed by atoms with Crippen LogP contribution in [0.5, 0.6) is 0 Å². The van der Waals surface area contributed by atoms with Crippen molar-refractivity contribution in [2.75, 3.05) is 31.1 Å². The van der Waals surface area contributed by atoms with Gasteiger partial charge in [0.15, 0.2) is 0 Å². The lowest BCUT2D eigenvalue weighted by molar-refractivity contribution is 0.0697. The van der Waals surface area contributed by atoms with Crippen LogP contribution in [0.25, 0.3) is 0 Å². The quantitative estimate of drug-likeness (QED) is 0.942. The molecule has 1 aliphatic heterocycles. The molecule has 0 atom stereocenters. The molecule has 1 saturated heterocycles. The average Bonchev–Trinajstić information content (AvgIpc) is 2.82. The van der Waals surface area contributed by atoms with Crippen LogP contribution in [0.2, 0.25) is 0 Å². The molecule has 1 N–H and O–H groups in total. The molecule has 1 aliphatic rings. The standard InChI is InChI=1S/C19H22N2O2/c22-19(23)17-9-7-16(8-10-17)15-20-11-4-12-21(14-13-20)18-5-2-1-3-6-18/h1-3,5-10H,4,11-15H2,(H,22,23). The molecule has 4 heteroatoms. The van der Waals surface area contributed by atoms with E-state index in [-0.39, 0.29) is 0 Å². The minimum atomic E-state index is -0.871. The van der Waals surface area contributed by atoms with Crippen LogP contribution in [0, 0.1) is 0 Å². The highest BCUT2D eigenvalue weighted by Gasteiger charge is 2.15. The Bertz CT molecular complexity index is 640. The van der Waals surface area contributed by atoms with E-state index < -0.39 is 5.97 Å². The topological polar surface area (TPSA) is 43.8 Å². The second-order valence-electron chi connectivity index (χ2n) is 5.95. The predicted molar refractivity (Wildman–Crippen MR) is 92.0 cm³/mol. The maximum absolute atomic E-state index is 10.9. The van der Waals surface area contributed by atoms with E-state index in [1.807, 2.05) is 12.1 Å². The van der Waals surface area contributed by atoms with Crippen molar-refractivity contribution >= 4 is 11.7 Å². The van der Waals surface area contributed by atoms with Crippen molar-refractivity contribution in [3.8, 4) is 0 Å². The van der Waals surface area contributed by atoms with Crippen molar-refractivity contribution in [1.82, 2.24) is 4.90 Å². The highest BCUT2D eigenvalue weighted by molar-refractivity contribution is 5.87. The minimum absolute atomic E-state index is 0.347. The number of nitrogens with zero attached hydrogens (tertiary/aromatic N) is 2. The zero-order chi connectivity index (χ0) is 16.1. The number of para-hydroxylation sites is 1. The molecule has 0 aliphatic carbocycles. The van der Waals surface area contributed by atoms with Crippen LogP contribution in [0.3, 0.4) is 0 Å². The first kappa shape index (κ1) is 15.6. The molecule has 0 bridgehead atoms. The molecule has 0 radical (unpaired) electrons. The summed E-state index contributed by atoms with van der Waals surface area (Å²) in [6, 6.07) is 17.8. The number of carboxylic acids is 1. The Morgan fingerprint density at radius 2 is 1.65 bits per heavy atom. The number of hydrogen-bond acceptors (Lipinski definition) is 3. The van der Waals surface area contributed by atoms with E-state index in [0.717, 1.165) is 39.1 Å². The normalized spacial score (nSPS) is 16.1. The summed E-state index contributed by atoms with van der Waals surface area (Å²) in [7, 11) is 0. The van der Waals surface area contributed by atoms with E-state index in [0.29, 0.717) is 5.56 Å². The van der Waals surface area contributed by atoms with Gasteiger partial charge in [-0.25, -0.2) is 4.79 Å². The van der Waals surface area contributed by atoms with Gasteiger partial charge >= 0.3 is 5.97 Å². The third kappa shape index (κ3) is 4.11. The number of carboxylic acid groups (broad SMARTS) is 1. The molecule has 2 aromatic carbocycles. The number of anilines is 1. The van der Waals surface area contributed by atoms with E-state index in [9.17, 15) is 4.79 Å². The summed E-state index contributed by atoms with van der Waals surface area (Å²) in [5.74, 6) is -0.871. The third-order valence-corrected chi connectivity index (χ3v) is 4.32. The zero-order valence-electron chi connectivity index (χ0n) is 13.2. The molecule has 0 unspecified atom stereocenters. The van der Waals surface area contributed by atoms with Gasteiger partial charge in [-0.3, -0.25) is 4.90 Å². The first-order valence-electron chi connectivity index (χ1n) is 8.07. The number of benzene rings is 2. The van der Waals surface area contributed by atoms with E-state index >= 15 is 0 Å². The number of hydrogen-bond donors (Lipinski definition) is 1. The fourth-order valence-corrected chi connectivity index (χ4v) is 3.04. The van der Waals surface area contributed by atoms with Gasteiger partial charge in [-0.1, -0.05) is 30.3 Å². The summed E-state index contributed by atoms with van der Waals surface area (Å²) in [4.78, 5) is 15.8. The summed E-state index contributed by atoms with van der Waals surface area (Å²) < 4.78 is 0. The molecular formula is C19H22N2O2. The Hall–Kier alpha value is -2.33. The Labute approximate surface area is 137 Å². The number of rotatable bonds is 4. The van der Waals surface area contributed by atoms with Crippen LogP contribution in [0.15, 0.2) is 54.6 Å². The van der Waals surface area contributed by atoms with Crippen molar-refractivity contribution in [3.05, 3.63) is 65.7 Å². The molecule has 4 nitrogen and oxygen atoms in total. The number of carbonyl (C=O) groups is 1. The van der Waals surface area contributed by atoms with Crippen LogP contribution < -0.4 is 4.90 Å². The molecule has 0 amide bonds. The van der Waals surface area contributed by atoms with Gasteiger partial charge in [-0.2, -0.15) is 0 Å². The molecule has 3 rings (SSSR count). The second kappa shape index (κ2) is 7.29. The SMILES string of the molecule is O=C(O)c1ccc(CN2CCCN(c3ccccc3)CC2)cc1. The van der Waals surface area contributed by atoms with Gasteiger partial charge in [0, 0.05) is 38.4 Å². The average molecular weight is 310 g/mol. The van der Waals surface area contributed by atoms with E-state index in [4.69, 9.17) is 5.11 Å². The van der Waals surface area contributed by atoms with Crippen LogP contribution in [-0.2, 0) is 6.54 Å². The summed E-state index contributed by atoms with van der Waals surface area (Å²) in [6.45, 7) is 5.08. The zero-order valence-corrected chi connectivity index (χ0v) is 13.2. The summed E-state index contributed by atoms with van der Waals surface area (Å²) >= 11 is 0. The smallest absolute Gasteiger partial charge is 0.335 e. The lowest BCUT2D eigenvalue weighted by Gasteiger charge is -2.23. The van der Waals surface area contributed by atoms with Gasteiger partial charge < -0.3 is 10.0 Å². The van der Waals surface area contributed by atoms with Gasteiger partial charge in [0.25, 0.3) is 0 Å². The van der Waals surface area contributed by atoms with Crippen molar-refractivity contribution < 1.29 is 9.90 Å². The van der Waals surface area contributed by atoms with Gasteiger partial charge in [-0.05, 0) is 36.2 Å². The van der Waals surface area contributed by atoms with Gasteiger partial charge in [0.05, 0.1) is 5.56 Å². The van der Waals surface area contributed by atoms with Crippen molar-refractivity contribution in [2.24, 2.45) is 0 Å². The fraction of sp³-hybridized carbons (Fsp3) is 0.316. The predicted octanol–water partition coefficient (Wildman–Crippen LogP) is 3.10. The molecular weight excluding hydrogens is 288 g/mol.